The van der Waals surface area contributed by atoms with Gasteiger partial charge in [0.2, 0.25) is 11.8 Å². The molecule has 4 aromatic carbocycles. The van der Waals surface area contributed by atoms with Crippen LogP contribution in [0.5, 0.6) is 0 Å². The van der Waals surface area contributed by atoms with Gasteiger partial charge in [0.1, 0.15) is 12.6 Å². The summed E-state index contributed by atoms with van der Waals surface area (Å²) < 4.78 is 29.0. The van der Waals surface area contributed by atoms with Gasteiger partial charge in [-0.1, -0.05) is 95.5 Å². The first-order valence-electron chi connectivity index (χ1n) is 13.9. The molecule has 230 valence electrons. The van der Waals surface area contributed by atoms with Gasteiger partial charge in [0.05, 0.1) is 10.6 Å². The van der Waals surface area contributed by atoms with E-state index in [4.69, 9.17) is 34.8 Å². The van der Waals surface area contributed by atoms with Crippen LogP contribution >= 0.6 is 34.8 Å². The maximum Gasteiger partial charge on any atom is 0.264 e. The van der Waals surface area contributed by atoms with Crippen LogP contribution in [0.3, 0.4) is 0 Å². The number of anilines is 1. The molecule has 11 heteroatoms. The topological polar surface area (TPSA) is 86.8 Å². The van der Waals surface area contributed by atoms with Crippen molar-refractivity contribution in [1.82, 2.24) is 10.2 Å². The Morgan fingerprint density at radius 3 is 2.05 bits per heavy atom. The summed E-state index contributed by atoms with van der Waals surface area (Å²) in [6, 6.07) is 27.0. The van der Waals surface area contributed by atoms with E-state index < -0.39 is 28.5 Å². The summed E-state index contributed by atoms with van der Waals surface area (Å²) in [5, 5.41) is 3.94. The molecular formula is C33H32Cl3N3O4S. The third-order valence-electron chi connectivity index (χ3n) is 6.76. The first-order valence-corrected chi connectivity index (χ1v) is 16.4. The Hall–Kier alpha value is -3.56. The van der Waals surface area contributed by atoms with Gasteiger partial charge >= 0.3 is 0 Å². The maximum atomic E-state index is 14.4. The molecule has 0 saturated carbocycles. The third-order valence-corrected chi connectivity index (χ3v) is 9.37. The number of carbonyl (C=O) groups is 2. The van der Waals surface area contributed by atoms with E-state index in [1.165, 1.54) is 23.1 Å². The zero-order chi connectivity index (χ0) is 31.9. The molecule has 2 amide bonds. The van der Waals surface area contributed by atoms with Crippen molar-refractivity contribution < 1.29 is 18.0 Å². The first-order chi connectivity index (χ1) is 21.0. The number of nitrogens with zero attached hydrogens (tertiary/aromatic N) is 2. The maximum absolute atomic E-state index is 14.4. The molecule has 0 aromatic heterocycles. The highest BCUT2D eigenvalue weighted by Gasteiger charge is 2.35. The fraction of sp³-hybridized carbons (Fsp3) is 0.212. The molecule has 0 bridgehead atoms. The van der Waals surface area contributed by atoms with E-state index in [1.807, 2.05) is 44.2 Å². The molecule has 0 aliphatic carbocycles. The molecular weight excluding hydrogens is 641 g/mol. The monoisotopic (exact) mass is 671 g/mol. The normalized spacial score (nSPS) is 12.0. The van der Waals surface area contributed by atoms with E-state index in [2.05, 4.69) is 5.32 Å². The summed E-state index contributed by atoms with van der Waals surface area (Å²) in [4.78, 5) is 29.5. The zero-order valence-corrected chi connectivity index (χ0v) is 27.2. The molecule has 0 fully saturated rings. The number of sulfonamides is 1. The van der Waals surface area contributed by atoms with Crippen LogP contribution in [0, 0.1) is 0 Å². The molecule has 0 spiro atoms. The zero-order valence-electron chi connectivity index (χ0n) is 24.2. The molecule has 4 rings (SSSR count). The SMILES string of the molecule is CC(C)NC(=O)[C@@H](Cc1ccccc1)N(Cc1ccc(Cl)cc1Cl)C(=O)CN(c1cccc(Cl)c1)S(=O)(=O)c1ccccc1. The third kappa shape index (κ3) is 8.54. The minimum atomic E-state index is -4.23. The number of nitrogens with one attached hydrogen (secondary N) is 1. The average molecular weight is 673 g/mol. The van der Waals surface area contributed by atoms with Gasteiger partial charge in [-0.05, 0) is 67.4 Å². The quantitative estimate of drug-likeness (QED) is 0.176. The standard InChI is InChI=1S/C33H32Cl3N3O4S/c1-23(2)37-33(41)31(18-24-10-5-3-6-11-24)38(21-25-16-17-27(35)20-30(25)36)32(40)22-39(28-13-9-12-26(34)19-28)44(42,43)29-14-7-4-8-15-29/h3-17,19-20,23,31H,18,21-22H2,1-2H3,(H,37,41)/t31-/m1/s1. The number of hydrogen-bond donors (Lipinski definition) is 1. The van der Waals surface area contributed by atoms with Crippen LogP contribution in [-0.4, -0.2) is 43.8 Å². The minimum absolute atomic E-state index is 0.00143. The Morgan fingerprint density at radius 2 is 1.43 bits per heavy atom. The van der Waals surface area contributed by atoms with Gasteiger partial charge in [-0.15, -0.1) is 0 Å². The van der Waals surface area contributed by atoms with Crippen molar-refractivity contribution in [3.05, 3.63) is 129 Å². The molecule has 1 N–H and O–H groups in total. The van der Waals surface area contributed by atoms with Crippen molar-refractivity contribution in [3.63, 3.8) is 0 Å². The molecule has 0 heterocycles. The van der Waals surface area contributed by atoms with Crippen molar-refractivity contribution in [2.45, 2.75) is 43.8 Å². The summed E-state index contributed by atoms with van der Waals surface area (Å²) in [6.45, 7) is 2.97. The highest BCUT2D eigenvalue weighted by atomic mass is 35.5. The number of carbonyl (C=O) groups excluding carboxylic acids is 2. The second-order valence-electron chi connectivity index (χ2n) is 10.4. The second-order valence-corrected chi connectivity index (χ2v) is 13.6. The van der Waals surface area contributed by atoms with Crippen molar-refractivity contribution in [3.8, 4) is 0 Å². The van der Waals surface area contributed by atoms with Gasteiger partial charge in [-0.2, -0.15) is 0 Å². The van der Waals surface area contributed by atoms with Crippen molar-refractivity contribution in [1.29, 1.82) is 0 Å². The van der Waals surface area contributed by atoms with Crippen LogP contribution in [-0.2, 0) is 32.6 Å². The number of rotatable bonds is 12. The summed E-state index contributed by atoms with van der Waals surface area (Å²) in [5.74, 6) is -1.00. The minimum Gasteiger partial charge on any atom is -0.352 e. The van der Waals surface area contributed by atoms with Crippen LogP contribution in [0.1, 0.15) is 25.0 Å². The van der Waals surface area contributed by atoms with Gasteiger partial charge < -0.3 is 10.2 Å². The Morgan fingerprint density at radius 1 is 0.795 bits per heavy atom. The molecule has 0 radical (unpaired) electrons. The number of halogens is 3. The molecule has 4 aromatic rings. The Labute approximate surface area is 273 Å². The fourth-order valence-electron chi connectivity index (χ4n) is 4.65. The van der Waals surface area contributed by atoms with E-state index in [-0.39, 0.29) is 35.5 Å². The summed E-state index contributed by atoms with van der Waals surface area (Å²) in [5.41, 5.74) is 1.56. The van der Waals surface area contributed by atoms with Crippen LogP contribution in [0.25, 0.3) is 0 Å². The second kappa shape index (κ2) is 14.9. The van der Waals surface area contributed by atoms with Crippen LogP contribution < -0.4 is 9.62 Å². The van der Waals surface area contributed by atoms with E-state index in [0.29, 0.717) is 20.6 Å². The fourth-order valence-corrected chi connectivity index (χ4v) is 6.73. The summed E-state index contributed by atoms with van der Waals surface area (Å²) >= 11 is 18.9. The van der Waals surface area contributed by atoms with Crippen molar-refractivity contribution >= 4 is 62.3 Å². The van der Waals surface area contributed by atoms with Gasteiger partial charge in [0.25, 0.3) is 10.0 Å². The molecule has 0 unspecified atom stereocenters. The van der Waals surface area contributed by atoms with Crippen LogP contribution in [0.2, 0.25) is 15.1 Å². The van der Waals surface area contributed by atoms with Gasteiger partial charge in [0, 0.05) is 34.1 Å². The number of amides is 2. The predicted molar refractivity (Wildman–Crippen MR) is 177 cm³/mol. The van der Waals surface area contributed by atoms with E-state index in [0.717, 1.165) is 9.87 Å². The highest BCUT2D eigenvalue weighted by Crippen LogP contribution is 2.28. The Bertz CT molecular complexity index is 1700. The summed E-state index contributed by atoms with van der Waals surface area (Å²) in [6.07, 6.45) is 0.180. The highest BCUT2D eigenvalue weighted by molar-refractivity contribution is 7.92. The van der Waals surface area contributed by atoms with E-state index >= 15 is 0 Å². The molecule has 0 saturated heterocycles. The molecule has 44 heavy (non-hydrogen) atoms. The van der Waals surface area contributed by atoms with Crippen molar-refractivity contribution in [2.24, 2.45) is 0 Å². The van der Waals surface area contributed by atoms with Crippen molar-refractivity contribution in [2.75, 3.05) is 10.8 Å². The van der Waals surface area contributed by atoms with Gasteiger partial charge in [-0.25, -0.2) is 8.42 Å². The van der Waals surface area contributed by atoms with Crippen LogP contribution in [0.15, 0.2) is 108 Å². The lowest BCUT2D eigenvalue weighted by molar-refractivity contribution is -0.140. The smallest absolute Gasteiger partial charge is 0.264 e. The predicted octanol–water partition coefficient (Wildman–Crippen LogP) is 7.01. The van der Waals surface area contributed by atoms with Gasteiger partial charge in [0.15, 0.2) is 0 Å². The molecule has 1 atom stereocenters. The summed E-state index contributed by atoms with van der Waals surface area (Å²) in [7, 11) is -4.23. The lowest BCUT2D eigenvalue weighted by Crippen LogP contribution is -2.54. The molecule has 0 aliphatic heterocycles. The lowest BCUT2D eigenvalue weighted by Gasteiger charge is -2.34. The average Bonchev–Trinajstić information content (AvgIpc) is 2.99. The van der Waals surface area contributed by atoms with E-state index in [1.54, 1.807) is 54.6 Å². The van der Waals surface area contributed by atoms with Crippen LogP contribution in [0.4, 0.5) is 5.69 Å². The Kier molecular flexibility index (Phi) is 11.3. The Balaban J connectivity index is 1.82. The largest absolute Gasteiger partial charge is 0.352 e. The van der Waals surface area contributed by atoms with Gasteiger partial charge in [-0.3, -0.25) is 13.9 Å². The first kappa shape index (κ1) is 33.3. The molecule has 0 aliphatic rings. The lowest BCUT2D eigenvalue weighted by atomic mass is 10.0. The van der Waals surface area contributed by atoms with E-state index in [9.17, 15) is 18.0 Å². The molecule has 7 nitrogen and oxygen atoms in total. The number of benzene rings is 4. The number of hydrogen-bond acceptors (Lipinski definition) is 4.